The largest absolute Gasteiger partial charge is 0.497 e. The summed E-state index contributed by atoms with van der Waals surface area (Å²) in [6.07, 6.45) is 1.25. The molecule has 2 aromatic rings. The van der Waals surface area contributed by atoms with Crippen LogP contribution in [0.5, 0.6) is 23.0 Å². The molecule has 0 fully saturated rings. The Morgan fingerprint density at radius 2 is 1.83 bits per heavy atom. The highest BCUT2D eigenvalue weighted by molar-refractivity contribution is 7.40. The highest BCUT2D eigenvalue weighted by Gasteiger charge is 2.21. The Morgan fingerprint density at radius 3 is 2.38 bits per heavy atom. The average Bonchev–Trinajstić information content (AvgIpc) is 2.74. The van der Waals surface area contributed by atoms with E-state index in [1.807, 2.05) is 6.92 Å². The van der Waals surface area contributed by atoms with Crippen LogP contribution in [-0.4, -0.2) is 26.2 Å². The zero-order valence-electron chi connectivity index (χ0n) is 16.4. The summed E-state index contributed by atoms with van der Waals surface area (Å²) < 4.78 is 36.6. The molecule has 1 atom stereocenters. The third kappa shape index (κ3) is 4.99. The van der Waals surface area contributed by atoms with Gasteiger partial charge in [0.05, 0.1) is 32.7 Å². The summed E-state index contributed by atoms with van der Waals surface area (Å²) in [6, 6.07) is 8.12. The first-order chi connectivity index (χ1) is 13.9. The number of anilines is 1. The van der Waals surface area contributed by atoms with Crippen molar-refractivity contribution >= 4 is 20.0 Å². The van der Waals surface area contributed by atoms with Crippen LogP contribution in [0.15, 0.2) is 36.5 Å². The normalized spacial score (nSPS) is 12.3. The fourth-order valence-electron chi connectivity index (χ4n) is 2.73. The number of nitrogens with two attached hydrogens (primary N) is 2. The molecule has 29 heavy (non-hydrogen) atoms. The molecule has 2 rings (SSSR count). The van der Waals surface area contributed by atoms with Crippen molar-refractivity contribution < 1.29 is 32.9 Å². The Hall–Kier alpha value is -2.78. The Labute approximate surface area is 169 Å². The molecule has 0 aliphatic rings. The van der Waals surface area contributed by atoms with Crippen LogP contribution >= 0.6 is 8.60 Å². The lowest BCUT2D eigenvalue weighted by atomic mass is 10.1. The summed E-state index contributed by atoms with van der Waals surface area (Å²) in [5, 5.41) is 1.29. The number of hydrogen-bond acceptors (Lipinski definition) is 9. The van der Waals surface area contributed by atoms with Gasteiger partial charge in [-0.15, -0.1) is 0 Å². The van der Waals surface area contributed by atoms with Gasteiger partial charge in [-0.2, -0.15) is 0 Å². The Morgan fingerprint density at radius 1 is 1.10 bits per heavy atom. The number of aryl methyl sites for hydroxylation is 1. The predicted molar refractivity (Wildman–Crippen MR) is 108 cm³/mol. The molecule has 0 spiro atoms. The number of methoxy groups -OCH3 is 3. The fourth-order valence-corrected chi connectivity index (χ4v) is 3.08. The molecule has 1 unspecified atom stereocenters. The van der Waals surface area contributed by atoms with Gasteiger partial charge in [-0.05, 0) is 35.2 Å². The van der Waals surface area contributed by atoms with Crippen LogP contribution in [-0.2, 0) is 4.73 Å². The number of hydrogen-bond donors (Lipinski definition) is 3. The summed E-state index contributed by atoms with van der Waals surface area (Å²) in [5.41, 5.74) is 7.80. The van der Waals surface area contributed by atoms with E-state index >= 15 is 0 Å². The molecule has 0 aromatic heterocycles. The zero-order valence-corrected chi connectivity index (χ0v) is 17.3. The second-order valence-electron chi connectivity index (χ2n) is 5.68. The van der Waals surface area contributed by atoms with E-state index < -0.39 is 8.60 Å². The standard InChI is InChI=1S/C18H23FN3O6P/c1-11-7-12(8-17(25-3)18(11)26-4)22(21)15(10-20)14-6-5-13(24-2)9-16(14)27-29(23)28-19/h5-10,23H,20-21H2,1-4H3/b15-10-. The van der Waals surface area contributed by atoms with E-state index in [0.29, 0.717) is 34.2 Å². The minimum atomic E-state index is -2.80. The molecule has 0 saturated carbocycles. The molecule has 0 aliphatic heterocycles. The van der Waals surface area contributed by atoms with Crippen molar-refractivity contribution in [2.45, 2.75) is 6.92 Å². The van der Waals surface area contributed by atoms with Crippen LogP contribution in [0.4, 0.5) is 10.2 Å². The fraction of sp³-hybridized carbons (Fsp3) is 0.222. The van der Waals surface area contributed by atoms with Crippen LogP contribution in [0.2, 0.25) is 0 Å². The number of hydrazine groups is 1. The maximum Gasteiger partial charge on any atom is 0.428 e. The molecule has 0 amide bonds. The summed E-state index contributed by atoms with van der Waals surface area (Å²) in [6.45, 7) is 1.84. The predicted octanol–water partition coefficient (Wildman–Crippen LogP) is 3.16. The monoisotopic (exact) mass is 427 g/mol. The smallest absolute Gasteiger partial charge is 0.428 e. The molecule has 0 aliphatic carbocycles. The van der Waals surface area contributed by atoms with Crippen molar-refractivity contribution in [1.29, 1.82) is 0 Å². The van der Waals surface area contributed by atoms with Gasteiger partial charge in [0.2, 0.25) is 0 Å². The van der Waals surface area contributed by atoms with Gasteiger partial charge in [0.1, 0.15) is 11.5 Å². The first kappa shape index (κ1) is 22.5. The molecule has 0 radical (unpaired) electrons. The van der Waals surface area contributed by atoms with Gasteiger partial charge in [-0.25, -0.2) is 5.84 Å². The van der Waals surface area contributed by atoms with Gasteiger partial charge >= 0.3 is 8.60 Å². The van der Waals surface area contributed by atoms with Gasteiger partial charge in [0, 0.05) is 23.9 Å². The summed E-state index contributed by atoms with van der Waals surface area (Å²) in [7, 11) is 1.70. The molecule has 0 saturated heterocycles. The number of nitrogens with zero attached hydrogens (tertiary/aromatic N) is 1. The molecule has 11 heteroatoms. The zero-order chi connectivity index (χ0) is 21.6. The minimum absolute atomic E-state index is 0.0555. The first-order valence-electron chi connectivity index (χ1n) is 8.23. The maximum absolute atomic E-state index is 12.3. The van der Waals surface area contributed by atoms with E-state index in [0.717, 1.165) is 5.56 Å². The van der Waals surface area contributed by atoms with Crippen molar-refractivity contribution in [2.24, 2.45) is 11.6 Å². The summed E-state index contributed by atoms with van der Waals surface area (Å²) in [4.78, 5) is 9.45. The molecule has 158 valence electrons. The number of ether oxygens (including phenoxy) is 3. The van der Waals surface area contributed by atoms with Crippen LogP contribution < -0.4 is 35.3 Å². The van der Waals surface area contributed by atoms with Crippen LogP contribution in [0.1, 0.15) is 11.1 Å². The van der Waals surface area contributed by atoms with Crippen molar-refractivity contribution in [2.75, 3.05) is 26.3 Å². The van der Waals surface area contributed by atoms with E-state index in [4.69, 9.17) is 30.3 Å². The van der Waals surface area contributed by atoms with Gasteiger partial charge < -0.3 is 29.4 Å². The molecular formula is C18H23FN3O6P. The van der Waals surface area contributed by atoms with Crippen molar-refractivity contribution in [3.05, 3.63) is 47.7 Å². The first-order valence-corrected chi connectivity index (χ1v) is 9.36. The minimum Gasteiger partial charge on any atom is -0.497 e. The molecular weight excluding hydrogens is 404 g/mol. The van der Waals surface area contributed by atoms with E-state index in [2.05, 4.69) is 4.73 Å². The van der Waals surface area contributed by atoms with Crippen LogP contribution in [0.25, 0.3) is 5.70 Å². The molecule has 0 bridgehead atoms. The summed E-state index contributed by atoms with van der Waals surface area (Å²) in [5.74, 6) is 7.82. The van der Waals surface area contributed by atoms with Gasteiger partial charge in [0.15, 0.2) is 11.5 Å². The third-order valence-electron chi connectivity index (χ3n) is 4.05. The topological polar surface area (TPSA) is 122 Å². The Kier molecular flexibility index (Phi) is 7.86. The number of rotatable bonds is 9. The second-order valence-corrected chi connectivity index (χ2v) is 6.48. The van der Waals surface area contributed by atoms with Crippen molar-refractivity contribution in [3.63, 3.8) is 0 Å². The number of benzene rings is 2. The van der Waals surface area contributed by atoms with Crippen LogP contribution in [0, 0.1) is 6.92 Å². The van der Waals surface area contributed by atoms with E-state index in [1.165, 1.54) is 38.6 Å². The Balaban J connectivity index is 2.52. The summed E-state index contributed by atoms with van der Waals surface area (Å²) >= 11 is 0. The van der Waals surface area contributed by atoms with E-state index in [-0.39, 0.29) is 5.75 Å². The molecule has 5 N–H and O–H groups in total. The third-order valence-corrected chi connectivity index (χ3v) is 4.52. The molecule has 2 aromatic carbocycles. The highest BCUT2D eigenvalue weighted by Crippen LogP contribution is 2.42. The highest BCUT2D eigenvalue weighted by atomic mass is 31.2. The van der Waals surface area contributed by atoms with E-state index in [9.17, 15) is 9.42 Å². The van der Waals surface area contributed by atoms with Crippen molar-refractivity contribution in [1.82, 2.24) is 0 Å². The SMILES string of the molecule is COc1ccc(/C(=C/N)N(N)c2cc(C)c(OC)c(OC)c2)c(OP(O)OF)c1. The maximum atomic E-state index is 12.3. The quantitative estimate of drug-likeness (QED) is 0.315. The van der Waals surface area contributed by atoms with Crippen molar-refractivity contribution in [3.8, 4) is 23.0 Å². The van der Waals surface area contributed by atoms with Gasteiger partial charge in [0.25, 0.3) is 0 Å². The lowest BCUT2D eigenvalue weighted by Crippen LogP contribution is -2.30. The lowest BCUT2D eigenvalue weighted by Gasteiger charge is -2.25. The second kappa shape index (κ2) is 10.1. The van der Waals surface area contributed by atoms with Gasteiger partial charge in [-0.1, -0.05) is 4.73 Å². The number of halogens is 1. The molecule has 0 heterocycles. The van der Waals surface area contributed by atoms with E-state index in [1.54, 1.807) is 24.3 Å². The average molecular weight is 427 g/mol. The Bertz CT molecular complexity index is 883. The lowest BCUT2D eigenvalue weighted by molar-refractivity contribution is -0.0178. The van der Waals surface area contributed by atoms with Crippen LogP contribution in [0.3, 0.4) is 0 Å². The van der Waals surface area contributed by atoms with Gasteiger partial charge in [-0.3, -0.25) is 5.01 Å². The molecule has 9 nitrogen and oxygen atoms in total.